The van der Waals surface area contributed by atoms with Crippen molar-refractivity contribution < 1.29 is 4.74 Å². The van der Waals surface area contributed by atoms with Crippen LogP contribution in [-0.4, -0.2) is 25.1 Å². The SMILES string of the molecule is CCOC1(c2cccc(C)c2)C(C)CCCC1CN(C)Cc1ccccc1. The molecule has 2 heteroatoms. The standard InChI is InChI=1S/C25H35NO/c1-5-27-25(23-15-9-11-20(2)17-23)21(3)12-10-16-24(25)19-26(4)18-22-13-7-6-8-14-22/h6-9,11,13-15,17,21,24H,5,10,12,16,18-19H2,1-4H3. The van der Waals surface area contributed by atoms with Crippen molar-refractivity contribution in [3.05, 3.63) is 71.3 Å². The highest BCUT2D eigenvalue weighted by atomic mass is 16.5. The van der Waals surface area contributed by atoms with Crippen LogP contribution in [0.3, 0.4) is 0 Å². The van der Waals surface area contributed by atoms with Crippen LogP contribution in [0.4, 0.5) is 0 Å². The summed E-state index contributed by atoms with van der Waals surface area (Å²) in [4.78, 5) is 2.47. The summed E-state index contributed by atoms with van der Waals surface area (Å²) >= 11 is 0. The van der Waals surface area contributed by atoms with E-state index in [0.717, 1.165) is 19.7 Å². The first-order valence-corrected chi connectivity index (χ1v) is 10.5. The third kappa shape index (κ3) is 4.44. The van der Waals surface area contributed by atoms with E-state index in [2.05, 4.69) is 87.3 Å². The summed E-state index contributed by atoms with van der Waals surface area (Å²) in [6, 6.07) is 19.8. The van der Waals surface area contributed by atoms with Crippen LogP contribution in [0.25, 0.3) is 0 Å². The average Bonchev–Trinajstić information content (AvgIpc) is 2.65. The lowest BCUT2D eigenvalue weighted by molar-refractivity contribution is -0.150. The highest BCUT2D eigenvalue weighted by Gasteiger charge is 2.48. The van der Waals surface area contributed by atoms with Gasteiger partial charge < -0.3 is 9.64 Å². The van der Waals surface area contributed by atoms with Gasteiger partial charge in [-0.2, -0.15) is 0 Å². The van der Waals surface area contributed by atoms with Crippen LogP contribution in [0.1, 0.15) is 49.8 Å². The van der Waals surface area contributed by atoms with E-state index in [-0.39, 0.29) is 5.60 Å². The van der Waals surface area contributed by atoms with Gasteiger partial charge in [0.1, 0.15) is 0 Å². The molecule has 2 aromatic carbocycles. The molecule has 1 aliphatic carbocycles. The molecule has 0 bridgehead atoms. The molecule has 0 spiro atoms. The van der Waals surface area contributed by atoms with E-state index >= 15 is 0 Å². The number of aryl methyl sites for hydroxylation is 1. The van der Waals surface area contributed by atoms with E-state index in [1.807, 2.05) is 0 Å². The molecule has 3 rings (SSSR count). The highest BCUT2D eigenvalue weighted by molar-refractivity contribution is 5.30. The Labute approximate surface area is 165 Å². The Bertz CT molecular complexity index is 713. The molecule has 0 saturated heterocycles. The van der Waals surface area contributed by atoms with Gasteiger partial charge >= 0.3 is 0 Å². The van der Waals surface area contributed by atoms with E-state index < -0.39 is 0 Å². The second-order valence-electron chi connectivity index (χ2n) is 8.31. The van der Waals surface area contributed by atoms with Crippen molar-refractivity contribution in [1.82, 2.24) is 4.90 Å². The van der Waals surface area contributed by atoms with E-state index in [1.165, 1.54) is 36.0 Å². The van der Waals surface area contributed by atoms with Gasteiger partial charge in [0, 0.05) is 25.6 Å². The first-order valence-electron chi connectivity index (χ1n) is 10.5. The maximum Gasteiger partial charge on any atom is 0.0996 e. The van der Waals surface area contributed by atoms with E-state index in [1.54, 1.807) is 0 Å². The molecule has 0 radical (unpaired) electrons. The van der Waals surface area contributed by atoms with Crippen molar-refractivity contribution in [2.75, 3.05) is 20.2 Å². The minimum atomic E-state index is -0.177. The van der Waals surface area contributed by atoms with Gasteiger partial charge in [-0.1, -0.05) is 73.5 Å². The Hall–Kier alpha value is -1.64. The first kappa shape index (κ1) is 20.1. The number of ether oxygens (including phenoxy) is 1. The van der Waals surface area contributed by atoms with Crippen molar-refractivity contribution >= 4 is 0 Å². The molecule has 0 aliphatic heterocycles. The Balaban J connectivity index is 1.88. The van der Waals surface area contributed by atoms with Crippen molar-refractivity contribution in [1.29, 1.82) is 0 Å². The monoisotopic (exact) mass is 365 g/mol. The molecule has 1 saturated carbocycles. The fourth-order valence-corrected chi connectivity index (χ4v) is 5.06. The molecule has 0 amide bonds. The van der Waals surface area contributed by atoms with Crippen molar-refractivity contribution in [2.45, 2.75) is 52.2 Å². The zero-order chi connectivity index (χ0) is 19.3. The van der Waals surface area contributed by atoms with Gasteiger partial charge in [0.25, 0.3) is 0 Å². The normalized spacial score (nSPS) is 25.7. The summed E-state index contributed by atoms with van der Waals surface area (Å²) < 4.78 is 6.66. The van der Waals surface area contributed by atoms with Crippen LogP contribution in [0.5, 0.6) is 0 Å². The topological polar surface area (TPSA) is 12.5 Å². The van der Waals surface area contributed by atoms with Crippen LogP contribution < -0.4 is 0 Å². The summed E-state index contributed by atoms with van der Waals surface area (Å²) in [5.41, 5.74) is 3.89. The average molecular weight is 366 g/mol. The molecule has 1 aliphatic rings. The molecular weight excluding hydrogens is 330 g/mol. The quantitative estimate of drug-likeness (QED) is 0.615. The van der Waals surface area contributed by atoms with Crippen LogP contribution >= 0.6 is 0 Å². The Morgan fingerprint density at radius 1 is 1.07 bits per heavy atom. The third-order valence-electron chi connectivity index (χ3n) is 6.21. The van der Waals surface area contributed by atoms with Crippen LogP contribution in [0.15, 0.2) is 54.6 Å². The summed E-state index contributed by atoms with van der Waals surface area (Å²) in [6.45, 7) is 9.53. The zero-order valence-electron chi connectivity index (χ0n) is 17.4. The Morgan fingerprint density at radius 3 is 2.56 bits per heavy atom. The molecule has 0 N–H and O–H groups in total. The van der Waals surface area contributed by atoms with Crippen LogP contribution in [0.2, 0.25) is 0 Å². The molecule has 27 heavy (non-hydrogen) atoms. The van der Waals surface area contributed by atoms with Crippen LogP contribution in [0, 0.1) is 18.8 Å². The molecule has 2 nitrogen and oxygen atoms in total. The van der Waals surface area contributed by atoms with Crippen molar-refractivity contribution in [2.24, 2.45) is 11.8 Å². The van der Waals surface area contributed by atoms with E-state index in [0.29, 0.717) is 11.8 Å². The highest BCUT2D eigenvalue weighted by Crippen LogP contribution is 2.49. The molecule has 2 aromatic rings. The lowest BCUT2D eigenvalue weighted by Crippen LogP contribution is -2.50. The molecule has 0 aromatic heterocycles. The predicted octanol–water partition coefficient (Wildman–Crippen LogP) is 5.80. The first-order chi connectivity index (χ1) is 13.1. The van der Waals surface area contributed by atoms with Crippen molar-refractivity contribution in [3.63, 3.8) is 0 Å². The molecule has 1 fully saturated rings. The second kappa shape index (κ2) is 9.03. The zero-order valence-corrected chi connectivity index (χ0v) is 17.4. The summed E-state index contributed by atoms with van der Waals surface area (Å²) in [7, 11) is 2.25. The molecular formula is C25H35NO. The molecule has 3 atom stereocenters. The van der Waals surface area contributed by atoms with E-state index in [4.69, 9.17) is 4.74 Å². The number of rotatable bonds is 7. The fraction of sp³-hybridized carbons (Fsp3) is 0.520. The van der Waals surface area contributed by atoms with Gasteiger partial charge in [-0.05, 0) is 50.8 Å². The minimum Gasteiger partial charge on any atom is -0.370 e. The summed E-state index contributed by atoms with van der Waals surface area (Å²) in [6.07, 6.45) is 3.77. The van der Waals surface area contributed by atoms with Crippen molar-refractivity contribution in [3.8, 4) is 0 Å². The van der Waals surface area contributed by atoms with Gasteiger partial charge in [-0.3, -0.25) is 0 Å². The Kier molecular flexibility index (Phi) is 6.73. The lowest BCUT2D eigenvalue weighted by atomic mass is 9.65. The second-order valence-corrected chi connectivity index (χ2v) is 8.31. The largest absolute Gasteiger partial charge is 0.370 e. The van der Waals surface area contributed by atoms with Gasteiger partial charge in [0.05, 0.1) is 5.60 Å². The van der Waals surface area contributed by atoms with Gasteiger partial charge in [-0.25, -0.2) is 0 Å². The van der Waals surface area contributed by atoms with Gasteiger partial charge in [0.2, 0.25) is 0 Å². The summed E-state index contributed by atoms with van der Waals surface area (Å²) in [5.74, 6) is 1.04. The number of hydrogen-bond acceptors (Lipinski definition) is 2. The third-order valence-corrected chi connectivity index (χ3v) is 6.21. The van der Waals surface area contributed by atoms with E-state index in [9.17, 15) is 0 Å². The predicted molar refractivity (Wildman–Crippen MR) is 114 cm³/mol. The maximum absolute atomic E-state index is 6.66. The minimum absolute atomic E-state index is 0.177. The molecule has 146 valence electrons. The Morgan fingerprint density at radius 2 is 1.85 bits per heavy atom. The number of hydrogen-bond donors (Lipinski definition) is 0. The maximum atomic E-state index is 6.66. The summed E-state index contributed by atoms with van der Waals surface area (Å²) in [5, 5.41) is 0. The smallest absolute Gasteiger partial charge is 0.0996 e. The number of benzene rings is 2. The van der Waals surface area contributed by atoms with Gasteiger partial charge in [0.15, 0.2) is 0 Å². The fourth-order valence-electron chi connectivity index (χ4n) is 5.06. The molecule has 3 unspecified atom stereocenters. The molecule has 0 heterocycles. The van der Waals surface area contributed by atoms with Gasteiger partial charge in [-0.15, -0.1) is 0 Å². The van der Waals surface area contributed by atoms with Crippen LogP contribution in [-0.2, 0) is 16.9 Å². The number of nitrogens with zero attached hydrogens (tertiary/aromatic N) is 1. The lowest BCUT2D eigenvalue weighted by Gasteiger charge is -2.50.